The van der Waals surface area contributed by atoms with Crippen molar-refractivity contribution in [1.82, 2.24) is 15.2 Å². The second kappa shape index (κ2) is 8.86. The van der Waals surface area contributed by atoms with Gasteiger partial charge in [-0.2, -0.15) is 0 Å². The van der Waals surface area contributed by atoms with Gasteiger partial charge in [-0.3, -0.25) is 9.59 Å². The topological polar surface area (TPSA) is 71.5 Å². The van der Waals surface area contributed by atoms with Crippen molar-refractivity contribution in [3.63, 3.8) is 0 Å². The molecule has 0 bridgehead atoms. The minimum Gasteiger partial charge on any atom is -0.481 e. The molecule has 1 N–H and O–H groups in total. The molecule has 2 amide bonds. The van der Waals surface area contributed by atoms with E-state index in [-0.39, 0.29) is 17.7 Å². The van der Waals surface area contributed by atoms with E-state index in [9.17, 15) is 9.59 Å². The number of benzene rings is 1. The second-order valence-electron chi connectivity index (χ2n) is 6.52. The third-order valence-corrected chi connectivity index (χ3v) is 4.90. The van der Waals surface area contributed by atoms with E-state index in [4.69, 9.17) is 16.3 Å². The second-order valence-corrected chi connectivity index (χ2v) is 6.96. The average Bonchev–Trinajstić information content (AvgIpc) is 2.72. The summed E-state index contributed by atoms with van der Waals surface area (Å²) in [7, 11) is 1.55. The van der Waals surface area contributed by atoms with E-state index in [2.05, 4.69) is 10.3 Å². The number of rotatable bonds is 5. The number of pyridine rings is 1. The molecule has 1 aliphatic rings. The minimum atomic E-state index is -0.210. The van der Waals surface area contributed by atoms with Crippen molar-refractivity contribution in [3.8, 4) is 5.88 Å². The SMILES string of the molecule is COc1cc(CNC(=O)C2CCCN(C(=O)c3ccc(Cl)cc3)C2)ccn1. The molecular formula is C20H22ClN3O3. The first-order valence-corrected chi connectivity index (χ1v) is 9.26. The predicted molar refractivity (Wildman–Crippen MR) is 103 cm³/mol. The highest BCUT2D eigenvalue weighted by atomic mass is 35.5. The van der Waals surface area contributed by atoms with Crippen LogP contribution in [0.25, 0.3) is 0 Å². The number of piperidine rings is 1. The fourth-order valence-corrected chi connectivity index (χ4v) is 3.28. The van der Waals surface area contributed by atoms with Gasteiger partial charge >= 0.3 is 0 Å². The maximum Gasteiger partial charge on any atom is 0.253 e. The van der Waals surface area contributed by atoms with Crippen LogP contribution in [0.15, 0.2) is 42.6 Å². The molecule has 1 fully saturated rings. The van der Waals surface area contributed by atoms with Gasteiger partial charge in [0.25, 0.3) is 5.91 Å². The maximum absolute atomic E-state index is 12.7. The first kappa shape index (κ1) is 19.2. The Bertz CT molecular complexity index is 810. The molecule has 1 aromatic carbocycles. The van der Waals surface area contributed by atoms with Crippen molar-refractivity contribution in [2.24, 2.45) is 5.92 Å². The number of nitrogens with one attached hydrogen (secondary N) is 1. The fourth-order valence-electron chi connectivity index (χ4n) is 3.16. The van der Waals surface area contributed by atoms with Crippen LogP contribution in [-0.2, 0) is 11.3 Å². The Morgan fingerprint density at radius 3 is 2.81 bits per heavy atom. The predicted octanol–water partition coefficient (Wildman–Crippen LogP) is 2.91. The summed E-state index contributed by atoms with van der Waals surface area (Å²) in [6.45, 7) is 1.49. The first-order chi connectivity index (χ1) is 13.1. The highest BCUT2D eigenvalue weighted by Crippen LogP contribution is 2.20. The highest BCUT2D eigenvalue weighted by Gasteiger charge is 2.28. The summed E-state index contributed by atoms with van der Waals surface area (Å²) in [4.78, 5) is 31.0. The quantitative estimate of drug-likeness (QED) is 0.856. The Morgan fingerprint density at radius 1 is 1.30 bits per heavy atom. The number of carbonyl (C=O) groups excluding carboxylic acids is 2. The zero-order valence-electron chi connectivity index (χ0n) is 15.2. The van der Waals surface area contributed by atoms with Crippen LogP contribution in [-0.4, -0.2) is 41.9 Å². The lowest BCUT2D eigenvalue weighted by molar-refractivity contribution is -0.126. The Kier molecular flexibility index (Phi) is 6.29. The molecule has 1 saturated heterocycles. The number of hydrogen-bond acceptors (Lipinski definition) is 4. The van der Waals surface area contributed by atoms with Crippen molar-refractivity contribution in [2.45, 2.75) is 19.4 Å². The Morgan fingerprint density at radius 2 is 2.07 bits per heavy atom. The number of ether oxygens (including phenoxy) is 1. The number of likely N-dealkylation sites (tertiary alicyclic amines) is 1. The Hall–Kier alpha value is -2.60. The lowest BCUT2D eigenvalue weighted by Gasteiger charge is -2.32. The van der Waals surface area contributed by atoms with E-state index >= 15 is 0 Å². The molecule has 3 rings (SSSR count). The molecule has 6 nitrogen and oxygen atoms in total. The number of methoxy groups -OCH3 is 1. The zero-order valence-corrected chi connectivity index (χ0v) is 15.9. The molecule has 0 spiro atoms. The molecule has 1 atom stereocenters. The highest BCUT2D eigenvalue weighted by molar-refractivity contribution is 6.30. The molecule has 2 heterocycles. The van der Waals surface area contributed by atoms with Crippen molar-refractivity contribution in [1.29, 1.82) is 0 Å². The van der Waals surface area contributed by atoms with E-state index in [0.29, 0.717) is 36.1 Å². The zero-order chi connectivity index (χ0) is 19.2. The van der Waals surface area contributed by atoms with Gasteiger partial charge in [-0.05, 0) is 48.7 Å². The molecule has 7 heteroatoms. The molecule has 142 valence electrons. The molecule has 2 aromatic rings. The first-order valence-electron chi connectivity index (χ1n) is 8.88. The van der Waals surface area contributed by atoms with Crippen LogP contribution in [0, 0.1) is 5.92 Å². The molecule has 1 unspecified atom stereocenters. The minimum absolute atomic E-state index is 0.0422. The smallest absolute Gasteiger partial charge is 0.253 e. The van der Waals surface area contributed by atoms with Gasteiger partial charge in [0.15, 0.2) is 0 Å². The Balaban J connectivity index is 1.57. The van der Waals surface area contributed by atoms with Crippen LogP contribution in [0.3, 0.4) is 0 Å². The van der Waals surface area contributed by atoms with Crippen molar-refractivity contribution in [3.05, 3.63) is 58.7 Å². The summed E-state index contributed by atoms with van der Waals surface area (Å²) in [5.74, 6) is 0.195. The third-order valence-electron chi connectivity index (χ3n) is 4.65. The largest absolute Gasteiger partial charge is 0.481 e. The summed E-state index contributed by atoms with van der Waals surface area (Å²) in [5.41, 5.74) is 1.50. The van der Waals surface area contributed by atoms with Crippen molar-refractivity contribution < 1.29 is 14.3 Å². The standard InChI is InChI=1S/C20H22ClN3O3/c1-27-18-11-14(8-9-22-18)12-23-19(25)16-3-2-10-24(13-16)20(26)15-4-6-17(21)7-5-15/h4-9,11,16H,2-3,10,12-13H2,1H3,(H,23,25). The van der Waals surface area contributed by atoms with Crippen LogP contribution in [0.1, 0.15) is 28.8 Å². The number of amides is 2. The normalized spacial score (nSPS) is 16.7. The third kappa shape index (κ3) is 4.98. The molecule has 0 aliphatic carbocycles. The van der Waals surface area contributed by atoms with Gasteiger partial charge in [0.1, 0.15) is 0 Å². The van der Waals surface area contributed by atoms with Crippen LogP contribution >= 0.6 is 11.6 Å². The van der Waals surface area contributed by atoms with Gasteiger partial charge in [-0.15, -0.1) is 0 Å². The summed E-state index contributed by atoms with van der Waals surface area (Å²) >= 11 is 5.88. The number of halogens is 1. The van der Waals surface area contributed by atoms with Crippen LogP contribution in [0.2, 0.25) is 5.02 Å². The summed E-state index contributed by atoms with van der Waals surface area (Å²) in [5, 5.41) is 3.54. The summed E-state index contributed by atoms with van der Waals surface area (Å²) in [6, 6.07) is 10.5. The average molecular weight is 388 g/mol. The molecule has 1 aliphatic heterocycles. The van der Waals surface area contributed by atoms with E-state index < -0.39 is 0 Å². The number of aromatic nitrogens is 1. The molecule has 0 radical (unpaired) electrons. The van der Waals surface area contributed by atoms with Crippen molar-refractivity contribution >= 4 is 23.4 Å². The van der Waals surface area contributed by atoms with E-state index in [0.717, 1.165) is 18.4 Å². The molecule has 0 saturated carbocycles. The van der Waals surface area contributed by atoms with Gasteiger partial charge in [0, 0.05) is 42.5 Å². The maximum atomic E-state index is 12.7. The van der Waals surface area contributed by atoms with Gasteiger partial charge < -0.3 is 15.0 Å². The van der Waals surface area contributed by atoms with Gasteiger partial charge in [-0.25, -0.2) is 4.98 Å². The van der Waals surface area contributed by atoms with Gasteiger partial charge in [0.05, 0.1) is 13.0 Å². The monoisotopic (exact) mass is 387 g/mol. The van der Waals surface area contributed by atoms with Gasteiger partial charge in [0.2, 0.25) is 11.8 Å². The van der Waals surface area contributed by atoms with E-state index in [1.54, 1.807) is 48.5 Å². The molecule has 1 aromatic heterocycles. The van der Waals surface area contributed by atoms with Crippen LogP contribution < -0.4 is 10.1 Å². The van der Waals surface area contributed by atoms with E-state index in [1.807, 2.05) is 6.07 Å². The van der Waals surface area contributed by atoms with Crippen molar-refractivity contribution in [2.75, 3.05) is 20.2 Å². The number of nitrogens with zero attached hydrogens (tertiary/aromatic N) is 2. The van der Waals surface area contributed by atoms with E-state index in [1.165, 1.54) is 0 Å². The summed E-state index contributed by atoms with van der Waals surface area (Å²) < 4.78 is 5.09. The van der Waals surface area contributed by atoms with Crippen LogP contribution in [0.5, 0.6) is 5.88 Å². The summed E-state index contributed by atoms with van der Waals surface area (Å²) in [6.07, 6.45) is 3.23. The number of hydrogen-bond donors (Lipinski definition) is 1. The Labute approximate surface area is 163 Å². The molecular weight excluding hydrogens is 366 g/mol. The lowest BCUT2D eigenvalue weighted by atomic mass is 9.96. The fraction of sp³-hybridized carbons (Fsp3) is 0.350. The number of carbonyl (C=O) groups is 2. The van der Waals surface area contributed by atoms with Gasteiger partial charge in [-0.1, -0.05) is 11.6 Å². The lowest BCUT2D eigenvalue weighted by Crippen LogP contribution is -2.45. The molecule has 27 heavy (non-hydrogen) atoms. The van der Waals surface area contributed by atoms with Crippen LogP contribution in [0.4, 0.5) is 0 Å².